The second kappa shape index (κ2) is 7.46. The summed E-state index contributed by atoms with van der Waals surface area (Å²) in [7, 11) is 1.56. The molecule has 1 unspecified atom stereocenters. The largest absolute Gasteiger partial charge is 0.499 e. The normalized spacial score (nSPS) is 12.0. The van der Waals surface area contributed by atoms with Gasteiger partial charge in [0.15, 0.2) is 0 Å². The summed E-state index contributed by atoms with van der Waals surface area (Å²) < 4.78 is 10.9. The number of benzene rings is 1. The highest BCUT2D eigenvalue weighted by molar-refractivity contribution is 6.35. The Morgan fingerprint density at radius 2 is 2.14 bits per heavy atom. The third kappa shape index (κ3) is 4.21. The zero-order valence-electron chi connectivity index (χ0n) is 11.6. The molecule has 0 radical (unpaired) electrons. The zero-order valence-corrected chi connectivity index (χ0v) is 13.1. The fourth-order valence-electron chi connectivity index (χ4n) is 1.85. The van der Waals surface area contributed by atoms with Gasteiger partial charge in [-0.15, -0.1) is 0 Å². The van der Waals surface area contributed by atoms with E-state index in [0.29, 0.717) is 15.8 Å². The van der Waals surface area contributed by atoms with E-state index in [0.717, 1.165) is 11.1 Å². The molecule has 1 atom stereocenters. The van der Waals surface area contributed by atoms with Crippen molar-refractivity contribution >= 4 is 23.2 Å². The Morgan fingerprint density at radius 3 is 2.76 bits per heavy atom. The Balaban J connectivity index is 2.33. The summed E-state index contributed by atoms with van der Waals surface area (Å²) in [6.07, 6.45) is 3.08. The highest BCUT2D eigenvalue weighted by Crippen LogP contribution is 2.33. The van der Waals surface area contributed by atoms with Crippen molar-refractivity contribution in [2.45, 2.75) is 6.10 Å². The monoisotopic (exact) mass is 323 g/mol. The van der Waals surface area contributed by atoms with Crippen molar-refractivity contribution in [3.05, 3.63) is 76.2 Å². The van der Waals surface area contributed by atoms with Crippen molar-refractivity contribution in [2.75, 3.05) is 13.7 Å². The predicted molar refractivity (Wildman–Crippen MR) is 84.6 cm³/mol. The van der Waals surface area contributed by atoms with Crippen LogP contribution in [-0.4, -0.2) is 18.7 Å². The van der Waals surface area contributed by atoms with Gasteiger partial charge in [0.2, 0.25) is 0 Å². The van der Waals surface area contributed by atoms with Crippen molar-refractivity contribution in [3.8, 4) is 0 Å². The Hall–Kier alpha value is -1.55. The number of pyridine rings is 1. The summed E-state index contributed by atoms with van der Waals surface area (Å²) in [5.74, 6) is 0.536. The average molecular weight is 324 g/mol. The Labute approximate surface area is 134 Å². The van der Waals surface area contributed by atoms with E-state index >= 15 is 0 Å². The van der Waals surface area contributed by atoms with E-state index in [9.17, 15) is 0 Å². The summed E-state index contributed by atoms with van der Waals surface area (Å²) in [4.78, 5) is 4.12. The molecule has 0 N–H and O–H groups in total. The second-order valence-corrected chi connectivity index (χ2v) is 5.23. The third-order valence-electron chi connectivity index (χ3n) is 2.93. The van der Waals surface area contributed by atoms with Gasteiger partial charge in [-0.1, -0.05) is 41.9 Å². The Kier molecular flexibility index (Phi) is 5.62. The maximum Gasteiger partial charge on any atom is 0.114 e. The number of methoxy groups -OCH3 is 1. The maximum absolute atomic E-state index is 6.28. The van der Waals surface area contributed by atoms with E-state index < -0.39 is 0 Å². The lowest BCUT2D eigenvalue weighted by Gasteiger charge is -2.20. The highest BCUT2D eigenvalue weighted by Gasteiger charge is 2.18. The fraction of sp³-hybridized carbons (Fsp3) is 0.188. The van der Waals surface area contributed by atoms with E-state index in [1.54, 1.807) is 31.6 Å². The first kappa shape index (κ1) is 15.8. The fourth-order valence-corrected chi connectivity index (χ4v) is 2.35. The molecule has 0 spiro atoms. The summed E-state index contributed by atoms with van der Waals surface area (Å²) >= 11 is 12.2. The van der Waals surface area contributed by atoms with Crippen molar-refractivity contribution in [1.82, 2.24) is 4.98 Å². The lowest BCUT2D eigenvalue weighted by atomic mass is 10.0. The molecule has 3 nitrogen and oxygen atoms in total. The first-order chi connectivity index (χ1) is 10.1. The van der Waals surface area contributed by atoms with E-state index in [4.69, 9.17) is 32.7 Å². The number of hydrogen-bond donors (Lipinski definition) is 0. The van der Waals surface area contributed by atoms with Crippen LogP contribution < -0.4 is 0 Å². The lowest BCUT2D eigenvalue weighted by Crippen LogP contribution is -2.10. The van der Waals surface area contributed by atoms with Crippen molar-refractivity contribution in [1.29, 1.82) is 0 Å². The second-order valence-electron chi connectivity index (χ2n) is 4.39. The molecular weight excluding hydrogens is 309 g/mol. The molecule has 2 aromatic rings. The zero-order chi connectivity index (χ0) is 15.2. The number of ether oxygens (including phenoxy) is 2. The number of rotatable bonds is 6. The van der Waals surface area contributed by atoms with Crippen LogP contribution in [0.3, 0.4) is 0 Å². The molecular formula is C16H15Cl2NO2. The molecule has 1 aromatic heterocycles. The van der Waals surface area contributed by atoms with E-state index in [1.165, 1.54) is 0 Å². The van der Waals surface area contributed by atoms with Crippen LogP contribution in [0.25, 0.3) is 0 Å². The van der Waals surface area contributed by atoms with Gasteiger partial charge in [0.05, 0.1) is 7.11 Å². The Morgan fingerprint density at radius 1 is 1.33 bits per heavy atom. The van der Waals surface area contributed by atoms with Gasteiger partial charge in [0, 0.05) is 33.6 Å². The molecule has 0 bridgehead atoms. The molecule has 110 valence electrons. The smallest absolute Gasteiger partial charge is 0.114 e. The molecule has 2 rings (SSSR count). The van der Waals surface area contributed by atoms with E-state index in [-0.39, 0.29) is 12.7 Å². The summed E-state index contributed by atoms with van der Waals surface area (Å²) in [5.41, 5.74) is 1.71. The van der Waals surface area contributed by atoms with E-state index in [1.807, 2.05) is 18.2 Å². The highest BCUT2D eigenvalue weighted by atomic mass is 35.5. The molecule has 1 aromatic carbocycles. The van der Waals surface area contributed by atoms with Gasteiger partial charge in [-0.05, 0) is 18.2 Å². The summed E-state index contributed by atoms with van der Waals surface area (Å²) in [5, 5.41) is 1.12. The van der Waals surface area contributed by atoms with Gasteiger partial charge >= 0.3 is 0 Å². The SMILES string of the molecule is C=C(COC(c1cccnc1)c1ccc(Cl)cc1Cl)OC. The van der Waals surface area contributed by atoms with Crippen LogP contribution in [0, 0.1) is 0 Å². The molecule has 5 heteroatoms. The average Bonchev–Trinajstić information content (AvgIpc) is 2.50. The molecule has 0 amide bonds. The minimum atomic E-state index is -0.365. The first-order valence-electron chi connectivity index (χ1n) is 6.30. The van der Waals surface area contributed by atoms with Crippen LogP contribution in [0.15, 0.2) is 55.1 Å². The molecule has 0 aliphatic heterocycles. The van der Waals surface area contributed by atoms with Gasteiger partial charge in [0.25, 0.3) is 0 Å². The molecule has 1 heterocycles. The lowest BCUT2D eigenvalue weighted by molar-refractivity contribution is 0.0700. The number of halogens is 2. The van der Waals surface area contributed by atoms with Crippen molar-refractivity contribution < 1.29 is 9.47 Å². The molecule has 0 saturated heterocycles. The molecule has 0 saturated carbocycles. The van der Waals surface area contributed by atoms with Gasteiger partial charge < -0.3 is 9.47 Å². The van der Waals surface area contributed by atoms with Crippen LogP contribution >= 0.6 is 23.2 Å². The molecule has 0 aliphatic carbocycles. The molecule has 0 aliphatic rings. The van der Waals surface area contributed by atoms with Gasteiger partial charge in [-0.3, -0.25) is 4.98 Å². The van der Waals surface area contributed by atoms with Crippen LogP contribution in [-0.2, 0) is 9.47 Å². The third-order valence-corrected chi connectivity index (χ3v) is 3.49. The first-order valence-corrected chi connectivity index (χ1v) is 7.05. The minimum absolute atomic E-state index is 0.259. The number of nitrogens with zero attached hydrogens (tertiary/aromatic N) is 1. The van der Waals surface area contributed by atoms with Crippen molar-refractivity contribution in [2.24, 2.45) is 0 Å². The van der Waals surface area contributed by atoms with Crippen molar-refractivity contribution in [3.63, 3.8) is 0 Å². The standard InChI is InChI=1S/C16H15Cl2NO2/c1-11(20-2)10-21-16(12-4-3-7-19-9-12)14-6-5-13(17)8-15(14)18/h3-9,16H,1,10H2,2H3. The number of aromatic nitrogens is 1. The summed E-state index contributed by atoms with van der Waals surface area (Å²) in [6, 6.07) is 9.09. The van der Waals surface area contributed by atoms with Gasteiger partial charge in [-0.25, -0.2) is 0 Å². The topological polar surface area (TPSA) is 31.4 Å². The van der Waals surface area contributed by atoms with Crippen LogP contribution in [0.5, 0.6) is 0 Å². The van der Waals surface area contributed by atoms with Crippen LogP contribution in [0.1, 0.15) is 17.2 Å². The summed E-state index contributed by atoms with van der Waals surface area (Å²) in [6.45, 7) is 4.01. The quantitative estimate of drug-likeness (QED) is 0.725. The Bertz CT molecular complexity index is 617. The molecule has 21 heavy (non-hydrogen) atoms. The maximum atomic E-state index is 6.28. The minimum Gasteiger partial charge on any atom is -0.499 e. The number of hydrogen-bond acceptors (Lipinski definition) is 3. The van der Waals surface area contributed by atoms with Crippen LogP contribution in [0.2, 0.25) is 10.0 Å². The molecule has 0 fully saturated rings. The van der Waals surface area contributed by atoms with Crippen LogP contribution in [0.4, 0.5) is 0 Å². The van der Waals surface area contributed by atoms with Gasteiger partial charge in [-0.2, -0.15) is 0 Å². The van der Waals surface area contributed by atoms with E-state index in [2.05, 4.69) is 11.6 Å². The predicted octanol–water partition coefficient (Wildman–Crippen LogP) is 4.65. The van der Waals surface area contributed by atoms with Gasteiger partial charge in [0.1, 0.15) is 18.5 Å².